The second kappa shape index (κ2) is 2.34. The molecule has 0 aliphatic heterocycles. The maximum atomic E-state index is 7.27. The normalized spacial score (nSPS) is 25.3. The molecule has 0 amide bonds. The Kier molecular flexibility index (Phi) is 1.72. The van der Waals surface area contributed by atoms with Crippen LogP contribution in [0.3, 0.4) is 0 Å². The molecule has 0 heterocycles. The molecular weight excluding hydrogens is 84.1 g/mol. The first-order valence-electron chi connectivity index (χ1n) is 3.11. The van der Waals surface area contributed by atoms with E-state index in [1.54, 1.807) is 0 Å². The van der Waals surface area contributed by atoms with E-state index in [-0.39, 0.29) is 5.92 Å². The lowest BCUT2D eigenvalue weighted by molar-refractivity contribution is 0.417. The minimum atomic E-state index is 0.286. The summed E-state index contributed by atoms with van der Waals surface area (Å²) in [5, 5.41) is 0. The standard InChI is InChI=1S/C7H11/c1-7-5-3-2-4-6-7/h7H,2-6H2. The molecule has 0 atom stereocenters. The molecule has 1 aliphatic rings. The fourth-order valence-corrected chi connectivity index (χ4v) is 1.10. The van der Waals surface area contributed by atoms with Crippen molar-refractivity contribution in [1.82, 2.24) is 0 Å². The lowest BCUT2D eigenvalue weighted by Crippen LogP contribution is -2.00. The molecule has 1 fully saturated rings. The average molecular weight is 95.2 g/mol. The first kappa shape index (κ1) is 5.14. The summed E-state index contributed by atoms with van der Waals surface area (Å²) in [6.45, 7) is 7.27. The molecule has 0 heteroatoms. The van der Waals surface area contributed by atoms with Gasteiger partial charge < -0.3 is 0 Å². The van der Waals surface area contributed by atoms with Gasteiger partial charge in [0.1, 0.15) is 0 Å². The van der Waals surface area contributed by atoms with Crippen LogP contribution in [0.5, 0.6) is 0 Å². The Hall–Kier alpha value is 0. The van der Waals surface area contributed by atoms with Crippen LogP contribution in [0.15, 0.2) is 0 Å². The summed E-state index contributed by atoms with van der Waals surface area (Å²) < 4.78 is 0. The van der Waals surface area contributed by atoms with Gasteiger partial charge in [0.15, 0.2) is 0 Å². The minimum Gasteiger partial charge on any atom is -0.0533 e. The van der Waals surface area contributed by atoms with Crippen LogP contribution in [0.2, 0.25) is 0 Å². The third kappa shape index (κ3) is 1.50. The van der Waals surface area contributed by atoms with E-state index < -0.39 is 0 Å². The van der Waals surface area contributed by atoms with Crippen LogP contribution in [-0.2, 0) is 0 Å². The molecule has 1 rings (SSSR count). The van der Waals surface area contributed by atoms with Crippen LogP contribution >= 0.6 is 0 Å². The summed E-state index contributed by atoms with van der Waals surface area (Å²) in [4.78, 5) is 0. The van der Waals surface area contributed by atoms with Crippen molar-refractivity contribution in [3.63, 3.8) is 0 Å². The fraction of sp³-hybridized carbons (Fsp3) is 0.857. The van der Waals surface area contributed by atoms with Crippen molar-refractivity contribution in [2.75, 3.05) is 0 Å². The summed E-state index contributed by atoms with van der Waals surface area (Å²) in [6.07, 6.45) is 6.28. The SMILES string of the molecule is [C]C1CCCCC1. The maximum absolute atomic E-state index is 7.27. The zero-order chi connectivity index (χ0) is 5.11. The molecule has 0 unspecified atom stereocenters. The zero-order valence-corrected chi connectivity index (χ0v) is 4.61. The summed E-state index contributed by atoms with van der Waals surface area (Å²) in [6, 6.07) is 0. The predicted molar refractivity (Wildman–Crippen MR) is 29.8 cm³/mol. The van der Waals surface area contributed by atoms with E-state index in [0.29, 0.717) is 0 Å². The average Bonchev–Trinajstić information content (AvgIpc) is 1.69. The molecule has 1 saturated carbocycles. The van der Waals surface area contributed by atoms with Gasteiger partial charge in [-0.25, -0.2) is 0 Å². The molecule has 0 aromatic heterocycles. The highest BCUT2D eigenvalue weighted by molar-refractivity contribution is 4.65. The first-order valence-corrected chi connectivity index (χ1v) is 3.11. The molecule has 1 aliphatic carbocycles. The Morgan fingerprint density at radius 1 is 1.00 bits per heavy atom. The molecule has 0 aromatic carbocycles. The molecular formula is C7H11. The first-order chi connectivity index (χ1) is 3.39. The Labute approximate surface area is 45.9 Å². The quantitative estimate of drug-likeness (QED) is 0.432. The monoisotopic (exact) mass is 95.1 g/mol. The Morgan fingerprint density at radius 2 is 1.57 bits per heavy atom. The number of hydrogen-bond donors (Lipinski definition) is 0. The lowest BCUT2D eigenvalue weighted by atomic mass is 9.91. The molecule has 0 bridgehead atoms. The van der Waals surface area contributed by atoms with Crippen LogP contribution in [0.1, 0.15) is 32.1 Å². The Balaban J connectivity index is 2.12. The van der Waals surface area contributed by atoms with Gasteiger partial charge in [-0.3, -0.25) is 0 Å². The van der Waals surface area contributed by atoms with Crippen LogP contribution in [0.4, 0.5) is 0 Å². The molecule has 7 heavy (non-hydrogen) atoms. The van der Waals surface area contributed by atoms with Crippen LogP contribution in [0.25, 0.3) is 0 Å². The van der Waals surface area contributed by atoms with Gasteiger partial charge in [-0.05, 0) is 25.7 Å². The van der Waals surface area contributed by atoms with Gasteiger partial charge in [0, 0.05) is 0 Å². The van der Waals surface area contributed by atoms with Gasteiger partial charge in [0.2, 0.25) is 0 Å². The number of rotatable bonds is 0. The summed E-state index contributed by atoms with van der Waals surface area (Å²) in [7, 11) is 0. The highest BCUT2D eigenvalue weighted by atomic mass is 14.1. The molecule has 0 aromatic rings. The topological polar surface area (TPSA) is 0 Å². The molecule has 0 nitrogen and oxygen atoms in total. The van der Waals surface area contributed by atoms with E-state index in [1.807, 2.05) is 0 Å². The van der Waals surface area contributed by atoms with E-state index in [0.717, 1.165) is 12.8 Å². The van der Waals surface area contributed by atoms with Crippen molar-refractivity contribution in [3.05, 3.63) is 6.92 Å². The molecule has 0 saturated heterocycles. The van der Waals surface area contributed by atoms with Gasteiger partial charge >= 0.3 is 0 Å². The molecule has 0 N–H and O–H groups in total. The fourth-order valence-electron chi connectivity index (χ4n) is 1.10. The molecule has 39 valence electrons. The van der Waals surface area contributed by atoms with Gasteiger partial charge in [-0.15, -0.1) is 0 Å². The highest BCUT2D eigenvalue weighted by Gasteiger charge is 2.06. The van der Waals surface area contributed by atoms with E-state index in [1.165, 1.54) is 19.3 Å². The Morgan fingerprint density at radius 3 is 1.86 bits per heavy atom. The summed E-state index contributed by atoms with van der Waals surface area (Å²) >= 11 is 0. The summed E-state index contributed by atoms with van der Waals surface area (Å²) in [5.41, 5.74) is 0. The van der Waals surface area contributed by atoms with Crippen LogP contribution < -0.4 is 0 Å². The van der Waals surface area contributed by atoms with E-state index in [9.17, 15) is 0 Å². The van der Waals surface area contributed by atoms with Crippen molar-refractivity contribution in [2.24, 2.45) is 5.92 Å². The van der Waals surface area contributed by atoms with E-state index in [4.69, 9.17) is 6.92 Å². The molecule has 3 radical (unpaired) electrons. The third-order valence-electron chi connectivity index (χ3n) is 1.61. The predicted octanol–water partition coefficient (Wildman–Crippen LogP) is 2.15. The molecule has 0 spiro atoms. The van der Waals surface area contributed by atoms with Crippen LogP contribution in [-0.4, -0.2) is 0 Å². The van der Waals surface area contributed by atoms with Crippen molar-refractivity contribution < 1.29 is 0 Å². The zero-order valence-electron chi connectivity index (χ0n) is 4.61. The van der Waals surface area contributed by atoms with Gasteiger partial charge in [-0.1, -0.05) is 19.3 Å². The van der Waals surface area contributed by atoms with Gasteiger partial charge in [-0.2, -0.15) is 0 Å². The van der Waals surface area contributed by atoms with Crippen molar-refractivity contribution in [3.8, 4) is 0 Å². The summed E-state index contributed by atoms with van der Waals surface area (Å²) in [5.74, 6) is 0.286. The second-order valence-electron chi connectivity index (χ2n) is 2.33. The lowest BCUT2D eigenvalue weighted by Gasteiger charge is -2.14. The van der Waals surface area contributed by atoms with Crippen LogP contribution in [0, 0.1) is 12.8 Å². The highest BCUT2D eigenvalue weighted by Crippen LogP contribution is 2.21. The minimum absolute atomic E-state index is 0.286. The van der Waals surface area contributed by atoms with Gasteiger partial charge in [0.25, 0.3) is 0 Å². The van der Waals surface area contributed by atoms with E-state index >= 15 is 0 Å². The van der Waals surface area contributed by atoms with Crippen molar-refractivity contribution in [1.29, 1.82) is 0 Å². The smallest absolute Gasteiger partial charge is 0.00568 e. The number of hydrogen-bond acceptors (Lipinski definition) is 0. The van der Waals surface area contributed by atoms with Crippen molar-refractivity contribution in [2.45, 2.75) is 32.1 Å². The van der Waals surface area contributed by atoms with E-state index in [2.05, 4.69) is 0 Å². The third-order valence-corrected chi connectivity index (χ3v) is 1.61. The largest absolute Gasteiger partial charge is 0.0533 e. The van der Waals surface area contributed by atoms with Crippen molar-refractivity contribution >= 4 is 0 Å². The Bertz CT molecular complexity index is 42.0. The maximum Gasteiger partial charge on any atom is -0.00568 e. The van der Waals surface area contributed by atoms with Gasteiger partial charge in [0.05, 0.1) is 0 Å². The second-order valence-corrected chi connectivity index (χ2v) is 2.33.